The van der Waals surface area contributed by atoms with Crippen LogP contribution in [0.5, 0.6) is 0 Å². The third-order valence-electron chi connectivity index (χ3n) is 4.03. The summed E-state index contributed by atoms with van der Waals surface area (Å²) in [6, 6.07) is 8.32. The number of piperidine rings is 1. The highest BCUT2D eigenvalue weighted by molar-refractivity contribution is 7.97. The standard InChI is InChI=1S/C18H23N3OS/c1-23-14-16-6-7-18(20-11-16)21-9-3-5-17(12-21)22-13-15-4-2-8-19-10-15/h2,4,6-8,10-11,17H,3,5,9,12-14H2,1H3/t17-/m0/s1. The maximum Gasteiger partial charge on any atom is 0.128 e. The van der Waals surface area contributed by atoms with E-state index in [1.807, 2.05) is 30.2 Å². The van der Waals surface area contributed by atoms with Gasteiger partial charge in [-0.3, -0.25) is 4.98 Å². The Morgan fingerprint density at radius 1 is 1.26 bits per heavy atom. The Hall–Kier alpha value is -1.59. The molecule has 0 spiro atoms. The van der Waals surface area contributed by atoms with Crippen LogP contribution in [0, 0.1) is 0 Å². The average Bonchev–Trinajstić information content (AvgIpc) is 2.62. The van der Waals surface area contributed by atoms with Gasteiger partial charge in [-0.05, 0) is 42.4 Å². The van der Waals surface area contributed by atoms with Crippen LogP contribution in [0.3, 0.4) is 0 Å². The first-order chi connectivity index (χ1) is 11.3. The second-order valence-electron chi connectivity index (χ2n) is 5.84. The summed E-state index contributed by atoms with van der Waals surface area (Å²) in [5, 5.41) is 0. The fraction of sp³-hybridized carbons (Fsp3) is 0.444. The van der Waals surface area contributed by atoms with Gasteiger partial charge in [0.05, 0.1) is 12.7 Å². The van der Waals surface area contributed by atoms with Gasteiger partial charge in [-0.15, -0.1) is 0 Å². The van der Waals surface area contributed by atoms with E-state index in [9.17, 15) is 0 Å². The Bertz CT molecular complexity index is 591. The van der Waals surface area contributed by atoms with E-state index in [4.69, 9.17) is 4.74 Å². The van der Waals surface area contributed by atoms with E-state index in [0.29, 0.717) is 6.61 Å². The number of pyridine rings is 2. The molecule has 3 rings (SSSR count). The summed E-state index contributed by atoms with van der Waals surface area (Å²) < 4.78 is 6.07. The van der Waals surface area contributed by atoms with Crippen LogP contribution in [0.15, 0.2) is 42.9 Å². The molecule has 0 radical (unpaired) electrons. The molecule has 1 atom stereocenters. The minimum absolute atomic E-state index is 0.261. The molecule has 0 aromatic carbocycles. The number of ether oxygens (including phenoxy) is 1. The van der Waals surface area contributed by atoms with Crippen molar-refractivity contribution < 1.29 is 4.74 Å². The van der Waals surface area contributed by atoms with Crippen molar-refractivity contribution in [3.63, 3.8) is 0 Å². The van der Waals surface area contributed by atoms with Gasteiger partial charge in [-0.2, -0.15) is 11.8 Å². The van der Waals surface area contributed by atoms with Crippen molar-refractivity contribution in [3.8, 4) is 0 Å². The molecule has 0 aliphatic carbocycles. The van der Waals surface area contributed by atoms with Gasteiger partial charge in [-0.25, -0.2) is 4.98 Å². The molecule has 2 aromatic rings. The summed E-state index contributed by atoms with van der Waals surface area (Å²) in [6.45, 7) is 2.60. The lowest BCUT2D eigenvalue weighted by molar-refractivity contribution is 0.0313. The fourth-order valence-electron chi connectivity index (χ4n) is 2.84. The number of thioether (sulfide) groups is 1. The van der Waals surface area contributed by atoms with Crippen LogP contribution in [-0.2, 0) is 17.1 Å². The molecule has 5 heteroatoms. The maximum atomic E-state index is 6.07. The Morgan fingerprint density at radius 2 is 2.22 bits per heavy atom. The minimum Gasteiger partial charge on any atom is -0.372 e. The van der Waals surface area contributed by atoms with Crippen molar-refractivity contribution in [2.24, 2.45) is 0 Å². The predicted molar refractivity (Wildman–Crippen MR) is 95.7 cm³/mol. The van der Waals surface area contributed by atoms with Crippen molar-refractivity contribution in [2.45, 2.75) is 31.3 Å². The van der Waals surface area contributed by atoms with Gasteiger partial charge in [0.25, 0.3) is 0 Å². The first-order valence-corrected chi connectivity index (χ1v) is 9.44. The zero-order valence-corrected chi connectivity index (χ0v) is 14.3. The molecule has 0 saturated carbocycles. The van der Waals surface area contributed by atoms with Gasteiger partial charge < -0.3 is 9.64 Å². The molecule has 3 heterocycles. The first kappa shape index (κ1) is 16.3. The van der Waals surface area contributed by atoms with Crippen molar-refractivity contribution in [1.82, 2.24) is 9.97 Å². The highest BCUT2D eigenvalue weighted by Crippen LogP contribution is 2.21. The van der Waals surface area contributed by atoms with E-state index in [1.165, 1.54) is 5.56 Å². The Kier molecular flexibility index (Phi) is 5.88. The number of anilines is 1. The molecule has 0 amide bonds. The number of rotatable bonds is 6. The van der Waals surface area contributed by atoms with Crippen LogP contribution in [0.4, 0.5) is 5.82 Å². The molecule has 1 fully saturated rings. The van der Waals surface area contributed by atoms with Crippen LogP contribution >= 0.6 is 11.8 Å². The Labute approximate surface area is 142 Å². The number of aromatic nitrogens is 2. The Morgan fingerprint density at radius 3 is 2.96 bits per heavy atom. The second-order valence-corrected chi connectivity index (χ2v) is 6.71. The third kappa shape index (κ3) is 4.69. The minimum atomic E-state index is 0.261. The van der Waals surface area contributed by atoms with Gasteiger partial charge in [-0.1, -0.05) is 12.1 Å². The molecule has 122 valence electrons. The van der Waals surface area contributed by atoms with Crippen LogP contribution in [-0.4, -0.2) is 35.4 Å². The van der Waals surface area contributed by atoms with Crippen LogP contribution in [0.1, 0.15) is 24.0 Å². The zero-order valence-electron chi connectivity index (χ0n) is 13.5. The highest BCUT2D eigenvalue weighted by atomic mass is 32.2. The molecule has 1 saturated heterocycles. The molecule has 0 unspecified atom stereocenters. The summed E-state index contributed by atoms with van der Waals surface area (Å²) in [6.07, 6.45) is 10.3. The van der Waals surface area contributed by atoms with E-state index in [-0.39, 0.29) is 6.10 Å². The molecular formula is C18H23N3OS. The van der Waals surface area contributed by atoms with Gasteiger partial charge in [0.15, 0.2) is 0 Å². The largest absolute Gasteiger partial charge is 0.372 e. The van der Waals surface area contributed by atoms with E-state index in [1.54, 1.807) is 6.20 Å². The average molecular weight is 329 g/mol. The van der Waals surface area contributed by atoms with Crippen molar-refractivity contribution in [2.75, 3.05) is 24.2 Å². The van der Waals surface area contributed by atoms with Crippen molar-refractivity contribution in [1.29, 1.82) is 0 Å². The lowest BCUT2D eigenvalue weighted by Crippen LogP contribution is -2.40. The van der Waals surface area contributed by atoms with Gasteiger partial charge >= 0.3 is 0 Å². The number of nitrogens with zero attached hydrogens (tertiary/aromatic N) is 3. The second kappa shape index (κ2) is 8.31. The zero-order chi connectivity index (χ0) is 15.9. The molecular weight excluding hydrogens is 306 g/mol. The SMILES string of the molecule is CSCc1ccc(N2CCC[C@H](OCc3cccnc3)C2)nc1. The predicted octanol–water partition coefficient (Wildman–Crippen LogP) is 3.53. The van der Waals surface area contributed by atoms with Gasteiger partial charge in [0.1, 0.15) is 5.82 Å². The molecule has 1 aliphatic heterocycles. The molecule has 4 nitrogen and oxygen atoms in total. The summed E-state index contributed by atoms with van der Waals surface area (Å²) in [5.41, 5.74) is 2.41. The van der Waals surface area contributed by atoms with Crippen molar-refractivity contribution in [3.05, 3.63) is 54.0 Å². The van der Waals surface area contributed by atoms with Gasteiger partial charge in [0.2, 0.25) is 0 Å². The smallest absolute Gasteiger partial charge is 0.128 e. The fourth-order valence-corrected chi connectivity index (χ4v) is 3.34. The monoisotopic (exact) mass is 329 g/mol. The third-order valence-corrected chi connectivity index (χ3v) is 4.65. The normalized spacial score (nSPS) is 18.1. The highest BCUT2D eigenvalue weighted by Gasteiger charge is 2.21. The molecule has 23 heavy (non-hydrogen) atoms. The molecule has 1 aliphatic rings. The molecule has 0 N–H and O–H groups in total. The summed E-state index contributed by atoms with van der Waals surface area (Å²) in [7, 11) is 0. The van der Waals surface area contributed by atoms with Crippen molar-refractivity contribution >= 4 is 17.6 Å². The molecule has 2 aromatic heterocycles. The van der Waals surface area contributed by atoms with Crippen LogP contribution in [0.25, 0.3) is 0 Å². The number of hydrogen-bond acceptors (Lipinski definition) is 5. The van der Waals surface area contributed by atoms with Gasteiger partial charge in [0, 0.05) is 37.4 Å². The lowest BCUT2D eigenvalue weighted by Gasteiger charge is -2.33. The summed E-state index contributed by atoms with van der Waals surface area (Å²) in [5.74, 6) is 2.08. The van der Waals surface area contributed by atoms with E-state index < -0.39 is 0 Å². The van der Waals surface area contributed by atoms with Crippen LogP contribution in [0.2, 0.25) is 0 Å². The summed E-state index contributed by atoms with van der Waals surface area (Å²) >= 11 is 1.82. The lowest BCUT2D eigenvalue weighted by atomic mass is 10.1. The van der Waals surface area contributed by atoms with E-state index in [2.05, 4.69) is 39.3 Å². The first-order valence-electron chi connectivity index (χ1n) is 8.04. The maximum absolute atomic E-state index is 6.07. The van der Waals surface area contributed by atoms with E-state index in [0.717, 1.165) is 43.1 Å². The van der Waals surface area contributed by atoms with E-state index >= 15 is 0 Å². The topological polar surface area (TPSA) is 38.2 Å². The number of hydrogen-bond donors (Lipinski definition) is 0. The van der Waals surface area contributed by atoms with Crippen LogP contribution < -0.4 is 4.90 Å². The summed E-state index contributed by atoms with van der Waals surface area (Å²) in [4.78, 5) is 11.1. The molecule has 0 bridgehead atoms. The quantitative estimate of drug-likeness (QED) is 0.810. The Balaban J connectivity index is 1.55.